The molecule has 148 valence electrons. The predicted molar refractivity (Wildman–Crippen MR) is 90.5 cm³/mol. The quantitative estimate of drug-likeness (QED) is 0.759. The number of hydrogen-bond donors (Lipinski definition) is 2. The monoisotopic (exact) mass is 396 g/mol. The summed E-state index contributed by atoms with van der Waals surface area (Å²) in [5.41, 5.74) is 0.787. The Morgan fingerprint density at radius 1 is 0.643 bits per heavy atom. The van der Waals surface area contributed by atoms with E-state index in [1.807, 2.05) is 0 Å². The Kier molecular flexibility index (Phi) is 4.91. The summed E-state index contributed by atoms with van der Waals surface area (Å²) in [6.45, 7) is 0. The van der Waals surface area contributed by atoms with E-state index >= 15 is 0 Å². The van der Waals surface area contributed by atoms with E-state index in [-0.39, 0.29) is 0 Å². The topological polar surface area (TPSA) is 74.6 Å². The molecule has 2 saturated carbocycles. The first-order chi connectivity index (χ1) is 13.1. The number of rotatable bonds is 4. The first-order valence-electron chi connectivity index (χ1n) is 8.41. The van der Waals surface area contributed by atoms with Gasteiger partial charge in [-0.2, -0.15) is 0 Å². The molecule has 0 heterocycles. The zero-order valence-electron chi connectivity index (χ0n) is 14.3. The Bertz CT molecular complexity index is 797. The summed E-state index contributed by atoms with van der Waals surface area (Å²) in [5.74, 6) is -14.4. The summed E-state index contributed by atoms with van der Waals surface area (Å²) in [6, 6.07) is 16.0. The molecule has 2 fully saturated rings. The van der Waals surface area contributed by atoms with Crippen molar-refractivity contribution in [1.29, 1.82) is 0 Å². The molecule has 0 radical (unpaired) electrons. The van der Waals surface area contributed by atoms with E-state index in [9.17, 15) is 27.2 Å². The number of hydrogen-bond acceptors (Lipinski definition) is 2. The second kappa shape index (κ2) is 6.92. The molecule has 2 aromatic rings. The summed E-state index contributed by atoms with van der Waals surface area (Å²) in [4.78, 5) is 21.0. The molecule has 0 saturated heterocycles. The van der Waals surface area contributed by atoms with E-state index in [4.69, 9.17) is 10.2 Å². The third kappa shape index (κ3) is 3.46. The van der Waals surface area contributed by atoms with E-state index in [0.717, 1.165) is 0 Å². The average Bonchev–Trinajstić information content (AvgIpc) is 3.44. The van der Waals surface area contributed by atoms with Gasteiger partial charge in [-0.05, 0) is 11.1 Å². The van der Waals surface area contributed by atoms with Crippen LogP contribution in [-0.2, 0) is 9.59 Å². The number of carboxylic acid groups (broad SMARTS) is 2. The normalized spacial score (nSPS) is 28.4. The largest absolute Gasteiger partial charge is 0.481 e. The lowest BCUT2D eigenvalue weighted by Gasteiger charge is -1.95. The highest BCUT2D eigenvalue weighted by Gasteiger charge is 2.73. The van der Waals surface area contributed by atoms with Crippen LogP contribution in [0.5, 0.6) is 0 Å². The van der Waals surface area contributed by atoms with Crippen molar-refractivity contribution in [2.24, 2.45) is 11.8 Å². The van der Waals surface area contributed by atoms with E-state index in [2.05, 4.69) is 0 Å². The SMILES string of the molecule is O=C(O)[C@@H]1[C@@H](c2ccccc2)C1(F)F.O=C(O)[C@@H]1[C@@H](c2ccccc2)C1(F)F. The van der Waals surface area contributed by atoms with Crippen molar-refractivity contribution in [3.05, 3.63) is 71.8 Å². The molecule has 2 aromatic carbocycles. The number of halogens is 4. The van der Waals surface area contributed by atoms with Crippen LogP contribution in [0.15, 0.2) is 60.7 Å². The molecular formula is C20H16F4O4. The molecule has 2 N–H and O–H groups in total. The van der Waals surface area contributed by atoms with Gasteiger partial charge in [-0.1, -0.05) is 60.7 Å². The Morgan fingerprint density at radius 2 is 0.929 bits per heavy atom. The van der Waals surface area contributed by atoms with Crippen LogP contribution >= 0.6 is 0 Å². The van der Waals surface area contributed by atoms with Gasteiger partial charge in [-0.25, -0.2) is 17.6 Å². The van der Waals surface area contributed by atoms with E-state index in [1.165, 1.54) is 24.3 Å². The molecule has 0 amide bonds. The summed E-state index contributed by atoms with van der Waals surface area (Å²) < 4.78 is 52.1. The van der Waals surface area contributed by atoms with E-state index < -0.39 is 47.5 Å². The summed E-state index contributed by atoms with van der Waals surface area (Å²) >= 11 is 0. The fourth-order valence-electron chi connectivity index (χ4n) is 3.42. The average molecular weight is 396 g/mol. The molecular weight excluding hydrogens is 380 g/mol. The summed E-state index contributed by atoms with van der Waals surface area (Å²) in [7, 11) is 0. The van der Waals surface area contributed by atoms with Gasteiger partial charge in [-0.3, -0.25) is 9.59 Å². The van der Waals surface area contributed by atoms with Crippen molar-refractivity contribution >= 4 is 11.9 Å². The van der Waals surface area contributed by atoms with Crippen LogP contribution in [0, 0.1) is 11.8 Å². The summed E-state index contributed by atoms with van der Waals surface area (Å²) in [5, 5.41) is 17.1. The van der Waals surface area contributed by atoms with Crippen LogP contribution in [-0.4, -0.2) is 34.0 Å². The van der Waals surface area contributed by atoms with Crippen LogP contribution in [0.1, 0.15) is 23.0 Å². The second-order valence-electron chi connectivity index (χ2n) is 6.76. The van der Waals surface area contributed by atoms with Crippen LogP contribution in [0.2, 0.25) is 0 Å². The minimum absolute atomic E-state index is 0.393. The van der Waals surface area contributed by atoms with Gasteiger partial charge < -0.3 is 10.2 Å². The predicted octanol–water partition coefficient (Wildman–Crippen LogP) is 4.24. The second-order valence-corrected chi connectivity index (χ2v) is 6.76. The number of carbonyl (C=O) groups is 2. The lowest BCUT2D eigenvalue weighted by Crippen LogP contribution is -2.04. The number of benzene rings is 2. The zero-order valence-corrected chi connectivity index (χ0v) is 14.3. The van der Waals surface area contributed by atoms with Crippen molar-refractivity contribution in [3.8, 4) is 0 Å². The molecule has 2 aliphatic carbocycles. The molecule has 4 atom stereocenters. The molecule has 0 spiro atoms. The van der Waals surface area contributed by atoms with Gasteiger partial charge in [0.15, 0.2) is 0 Å². The molecule has 28 heavy (non-hydrogen) atoms. The fourth-order valence-corrected chi connectivity index (χ4v) is 3.42. The number of aliphatic carboxylic acids is 2. The maximum absolute atomic E-state index is 13.0. The van der Waals surface area contributed by atoms with Crippen LogP contribution < -0.4 is 0 Å². The molecule has 0 bridgehead atoms. The maximum atomic E-state index is 13.0. The molecule has 0 aliphatic heterocycles. The Balaban J connectivity index is 0.000000161. The van der Waals surface area contributed by atoms with E-state index in [0.29, 0.717) is 11.1 Å². The molecule has 8 heteroatoms. The third-order valence-electron chi connectivity index (χ3n) is 4.96. The van der Waals surface area contributed by atoms with Gasteiger partial charge in [-0.15, -0.1) is 0 Å². The van der Waals surface area contributed by atoms with Gasteiger partial charge in [0.05, 0.1) is 11.8 Å². The van der Waals surface area contributed by atoms with Crippen LogP contribution in [0.3, 0.4) is 0 Å². The summed E-state index contributed by atoms with van der Waals surface area (Å²) in [6.07, 6.45) is 0. The fraction of sp³-hybridized carbons (Fsp3) is 0.300. The van der Waals surface area contributed by atoms with Crippen LogP contribution in [0.25, 0.3) is 0 Å². The van der Waals surface area contributed by atoms with Gasteiger partial charge in [0.2, 0.25) is 0 Å². The maximum Gasteiger partial charge on any atom is 0.313 e. The minimum atomic E-state index is -3.09. The highest BCUT2D eigenvalue weighted by Crippen LogP contribution is 2.62. The lowest BCUT2D eigenvalue weighted by atomic mass is 10.1. The van der Waals surface area contributed by atoms with Gasteiger partial charge in [0.25, 0.3) is 11.8 Å². The minimum Gasteiger partial charge on any atom is -0.481 e. The van der Waals surface area contributed by atoms with Crippen molar-refractivity contribution in [2.45, 2.75) is 23.7 Å². The lowest BCUT2D eigenvalue weighted by molar-refractivity contribution is -0.142. The third-order valence-corrected chi connectivity index (χ3v) is 4.96. The first-order valence-corrected chi connectivity index (χ1v) is 8.41. The van der Waals surface area contributed by atoms with Crippen molar-refractivity contribution in [3.63, 3.8) is 0 Å². The van der Waals surface area contributed by atoms with Crippen molar-refractivity contribution < 1.29 is 37.4 Å². The molecule has 0 unspecified atom stereocenters. The molecule has 0 aromatic heterocycles. The Labute approximate surface area is 157 Å². The zero-order chi connectivity index (χ0) is 20.7. The number of alkyl halides is 4. The van der Waals surface area contributed by atoms with Crippen molar-refractivity contribution in [2.75, 3.05) is 0 Å². The first kappa shape index (κ1) is 19.9. The smallest absolute Gasteiger partial charge is 0.313 e. The highest BCUT2D eigenvalue weighted by atomic mass is 19.3. The Hall–Kier alpha value is -2.90. The number of carboxylic acids is 2. The van der Waals surface area contributed by atoms with Crippen molar-refractivity contribution in [1.82, 2.24) is 0 Å². The molecule has 4 nitrogen and oxygen atoms in total. The van der Waals surface area contributed by atoms with Gasteiger partial charge in [0.1, 0.15) is 11.8 Å². The van der Waals surface area contributed by atoms with Gasteiger partial charge >= 0.3 is 11.9 Å². The van der Waals surface area contributed by atoms with E-state index in [1.54, 1.807) is 36.4 Å². The van der Waals surface area contributed by atoms with Gasteiger partial charge in [0, 0.05) is 0 Å². The molecule has 4 rings (SSSR count). The Morgan fingerprint density at radius 3 is 1.14 bits per heavy atom. The molecule has 2 aliphatic rings. The van der Waals surface area contributed by atoms with Crippen LogP contribution in [0.4, 0.5) is 17.6 Å². The standard InChI is InChI=1S/2C10H8F2O2/c2*11-10(12)7(8(10)9(13)14)6-4-2-1-3-5-6/h2*1-5,7-8H,(H,13,14)/t2*7-,8+/m11/s1. The highest BCUT2D eigenvalue weighted by molar-refractivity contribution is 5.78.